The molecule has 0 N–H and O–H groups in total. The number of hydrogen-bond acceptors (Lipinski definition) is 8. The number of rotatable bonds is 12. The number of carbonyl (C=O) groups is 1. The Morgan fingerprint density at radius 2 is 1.78 bits per heavy atom. The number of ether oxygens (including phenoxy) is 2. The summed E-state index contributed by atoms with van der Waals surface area (Å²) in [4.78, 5) is 19.8. The van der Waals surface area contributed by atoms with E-state index in [4.69, 9.17) is 13.9 Å². The SMILES string of the molecule is CC(Oc1cccc(CN(CCCOc2cccc(N(C)C)c2)c2nc3ccccc3o2)c1)C(=O)[O-].[Na+]. The summed E-state index contributed by atoms with van der Waals surface area (Å²) in [5.74, 6) is 0.0250. The van der Waals surface area contributed by atoms with Crippen molar-refractivity contribution < 1.29 is 53.3 Å². The molecule has 0 bridgehead atoms. The van der Waals surface area contributed by atoms with Gasteiger partial charge in [-0.1, -0.05) is 30.3 Å². The van der Waals surface area contributed by atoms with Gasteiger partial charge in [-0.2, -0.15) is 4.98 Å². The van der Waals surface area contributed by atoms with Gasteiger partial charge in [-0.05, 0) is 55.3 Å². The quantitative estimate of drug-likeness (QED) is 0.205. The van der Waals surface area contributed by atoms with E-state index >= 15 is 0 Å². The summed E-state index contributed by atoms with van der Waals surface area (Å²) < 4.78 is 17.5. The van der Waals surface area contributed by atoms with Gasteiger partial charge in [-0.3, -0.25) is 0 Å². The molecule has 0 amide bonds. The van der Waals surface area contributed by atoms with Crippen LogP contribution in [-0.4, -0.2) is 44.3 Å². The first-order valence-electron chi connectivity index (χ1n) is 11.9. The summed E-state index contributed by atoms with van der Waals surface area (Å²) in [6.07, 6.45) is -0.306. The first-order chi connectivity index (χ1) is 17.4. The predicted molar refractivity (Wildman–Crippen MR) is 137 cm³/mol. The van der Waals surface area contributed by atoms with Gasteiger partial charge in [-0.25, -0.2) is 0 Å². The van der Waals surface area contributed by atoms with Gasteiger partial charge >= 0.3 is 29.6 Å². The van der Waals surface area contributed by atoms with E-state index < -0.39 is 12.1 Å². The van der Waals surface area contributed by atoms with Crippen molar-refractivity contribution in [2.45, 2.75) is 26.0 Å². The molecule has 188 valence electrons. The standard InChI is InChI=1S/C28H31N3O5.Na/c1-20(27(32)33)35-24-12-6-9-21(17-24)19-31(28-29-25-13-4-5-14-26(25)36-28)15-8-16-34-23-11-7-10-22(18-23)30(2)3;/h4-7,9-14,17-18,20H,8,15-16,19H2,1-3H3,(H,32,33);/q;+1/p-1. The summed E-state index contributed by atoms with van der Waals surface area (Å²) in [7, 11) is 3.99. The van der Waals surface area contributed by atoms with Gasteiger partial charge in [0.2, 0.25) is 0 Å². The molecule has 0 saturated heterocycles. The zero-order valence-corrected chi connectivity index (χ0v) is 23.7. The second-order valence-electron chi connectivity index (χ2n) is 8.71. The Kier molecular flexibility index (Phi) is 10.3. The fraction of sp³-hybridized carbons (Fsp3) is 0.286. The van der Waals surface area contributed by atoms with Crippen LogP contribution in [0.25, 0.3) is 11.1 Å². The number of carboxylic acids is 1. The van der Waals surface area contributed by atoms with Crippen LogP contribution in [-0.2, 0) is 11.3 Å². The van der Waals surface area contributed by atoms with Crippen LogP contribution < -0.4 is 53.9 Å². The van der Waals surface area contributed by atoms with Crippen molar-refractivity contribution in [1.29, 1.82) is 0 Å². The van der Waals surface area contributed by atoms with Crippen LogP contribution >= 0.6 is 0 Å². The molecule has 1 heterocycles. The molecule has 4 aromatic rings. The van der Waals surface area contributed by atoms with E-state index in [-0.39, 0.29) is 29.6 Å². The van der Waals surface area contributed by atoms with E-state index in [0.717, 1.165) is 28.9 Å². The molecule has 0 spiro atoms. The van der Waals surface area contributed by atoms with Gasteiger partial charge in [-0.15, -0.1) is 0 Å². The van der Waals surface area contributed by atoms with Crippen LogP contribution in [0.2, 0.25) is 0 Å². The van der Waals surface area contributed by atoms with E-state index in [1.807, 2.05) is 90.6 Å². The Bertz CT molecular complexity index is 1280. The van der Waals surface area contributed by atoms with Crippen molar-refractivity contribution in [3.8, 4) is 11.5 Å². The number of aliphatic carboxylic acids is 1. The van der Waals surface area contributed by atoms with Crippen molar-refractivity contribution >= 4 is 28.8 Å². The van der Waals surface area contributed by atoms with Crippen molar-refractivity contribution in [2.24, 2.45) is 0 Å². The zero-order valence-electron chi connectivity index (χ0n) is 21.7. The number of para-hydroxylation sites is 2. The first kappa shape index (κ1) is 28.4. The maximum Gasteiger partial charge on any atom is 1.00 e. The van der Waals surface area contributed by atoms with Gasteiger partial charge in [0.25, 0.3) is 6.01 Å². The monoisotopic (exact) mass is 511 g/mol. The Morgan fingerprint density at radius 3 is 2.54 bits per heavy atom. The normalized spacial score (nSPS) is 11.4. The number of carboxylic acid groups (broad SMARTS) is 1. The molecule has 0 aliphatic rings. The average molecular weight is 512 g/mol. The Labute approximate surface area is 239 Å². The van der Waals surface area contributed by atoms with Crippen molar-refractivity contribution in [1.82, 2.24) is 4.98 Å². The van der Waals surface area contributed by atoms with Crippen LogP contribution in [0.15, 0.2) is 77.2 Å². The minimum absolute atomic E-state index is 0. The molecule has 37 heavy (non-hydrogen) atoms. The first-order valence-corrected chi connectivity index (χ1v) is 11.9. The minimum atomic E-state index is -1.26. The maximum absolute atomic E-state index is 11.1. The molecule has 0 fully saturated rings. The van der Waals surface area contributed by atoms with Gasteiger partial charge in [0.05, 0.1) is 12.6 Å². The van der Waals surface area contributed by atoms with Crippen LogP contribution in [0.4, 0.5) is 11.7 Å². The van der Waals surface area contributed by atoms with Gasteiger partial charge < -0.3 is 33.6 Å². The summed E-state index contributed by atoms with van der Waals surface area (Å²) in [5, 5.41) is 11.1. The van der Waals surface area contributed by atoms with E-state index in [9.17, 15) is 9.90 Å². The molecular weight excluding hydrogens is 481 g/mol. The molecule has 8 nitrogen and oxygen atoms in total. The third kappa shape index (κ3) is 7.89. The number of nitrogens with zero attached hydrogens (tertiary/aromatic N) is 3. The molecule has 4 rings (SSSR count). The topological polar surface area (TPSA) is 91.1 Å². The van der Waals surface area contributed by atoms with Crippen molar-refractivity contribution in [3.63, 3.8) is 0 Å². The van der Waals surface area contributed by atoms with Crippen LogP contribution in [0.5, 0.6) is 11.5 Å². The predicted octanol–water partition coefficient (Wildman–Crippen LogP) is 0.891. The number of fused-ring (bicyclic) bond motifs is 1. The van der Waals surface area contributed by atoms with Crippen molar-refractivity contribution in [3.05, 3.63) is 78.4 Å². The Balaban J connectivity index is 0.00000380. The van der Waals surface area contributed by atoms with Crippen molar-refractivity contribution in [2.75, 3.05) is 37.0 Å². The number of hydrogen-bond donors (Lipinski definition) is 0. The molecule has 9 heteroatoms. The minimum Gasteiger partial charge on any atom is -0.546 e. The summed E-state index contributed by atoms with van der Waals surface area (Å²) in [6.45, 7) is 3.11. The van der Waals surface area contributed by atoms with Crippen LogP contribution in [0.1, 0.15) is 18.9 Å². The van der Waals surface area contributed by atoms with Gasteiger partial charge in [0, 0.05) is 38.9 Å². The van der Waals surface area contributed by atoms with Gasteiger partial charge in [0.1, 0.15) is 23.1 Å². The third-order valence-electron chi connectivity index (χ3n) is 5.64. The molecule has 0 saturated carbocycles. The van der Waals surface area contributed by atoms with Crippen LogP contribution in [0.3, 0.4) is 0 Å². The second-order valence-corrected chi connectivity index (χ2v) is 8.71. The van der Waals surface area contributed by atoms with E-state index in [2.05, 4.69) is 4.98 Å². The fourth-order valence-corrected chi connectivity index (χ4v) is 3.72. The summed E-state index contributed by atoms with van der Waals surface area (Å²) in [6, 6.07) is 23.5. The molecular formula is C28H30N3NaO5. The summed E-state index contributed by atoms with van der Waals surface area (Å²) in [5.41, 5.74) is 3.51. The molecule has 1 unspecified atom stereocenters. The smallest absolute Gasteiger partial charge is 0.546 e. The number of oxazole rings is 1. The Morgan fingerprint density at radius 1 is 1.03 bits per heavy atom. The number of anilines is 2. The molecule has 0 aliphatic carbocycles. The number of benzene rings is 3. The molecule has 0 radical (unpaired) electrons. The van der Waals surface area contributed by atoms with E-state index in [1.165, 1.54) is 6.92 Å². The van der Waals surface area contributed by atoms with E-state index in [0.29, 0.717) is 37.0 Å². The average Bonchev–Trinajstić information content (AvgIpc) is 3.30. The molecule has 3 aromatic carbocycles. The fourth-order valence-electron chi connectivity index (χ4n) is 3.72. The number of aromatic nitrogens is 1. The molecule has 1 aromatic heterocycles. The maximum atomic E-state index is 11.1. The Hall–Kier alpha value is -3.20. The molecule has 1 atom stereocenters. The van der Waals surface area contributed by atoms with Crippen LogP contribution in [0, 0.1) is 0 Å². The van der Waals surface area contributed by atoms with Gasteiger partial charge in [0.15, 0.2) is 5.58 Å². The second kappa shape index (κ2) is 13.4. The number of carbonyl (C=O) groups excluding carboxylic acids is 1. The van der Waals surface area contributed by atoms with E-state index in [1.54, 1.807) is 6.07 Å². The third-order valence-corrected chi connectivity index (χ3v) is 5.64. The molecule has 0 aliphatic heterocycles. The summed E-state index contributed by atoms with van der Waals surface area (Å²) >= 11 is 0. The largest absolute Gasteiger partial charge is 1.00 e. The zero-order chi connectivity index (χ0) is 25.5.